The van der Waals surface area contributed by atoms with Crippen molar-refractivity contribution in [1.29, 1.82) is 0 Å². The summed E-state index contributed by atoms with van der Waals surface area (Å²) in [7, 11) is -3.33. The van der Waals surface area contributed by atoms with E-state index in [0.717, 1.165) is 11.1 Å². The lowest BCUT2D eigenvalue weighted by Crippen LogP contribution is -2.27. The van der Waals surface area contributed by atoms with E-state index in [2.05, 4.69) is 21.4 Å². The van der Waals surface area contributed by atoms with Crippen molar-refractivity contribution in [3.8, 4) is 0 Å². The molecule has 0 aliphatic heterocycles. The van der Waals surface area contributed by atoms with Gasteiger partial charge in [-0.05, 0) is 37.1 Å². The van der Waals surface area contributed by atoms with E-state index in [-0.39, 0.29) is 17.5 Å². The third kappa shape index (κ3) is 4.17. The minimum atomic E-state index is -3.33. The number of aliphatic hydroxyl groups excluding tert-OH is 1. The zero-order valence-corrected chi connectivity index (χ0v) is 15.5. The molecular weight excluding hydrogens is 350 g/mol. The summed E-state index contributed by atoms with van der Waals surface area (Å²) in [6.07, 6.45) is 3.21. The van der Waals surface area contributed by atoms with E-state index in [0.29, 0.717) is 23.1 Å². The highest BCUT2D eigenvalue weighted by molar-refractivity contribution is 7.90. The molecule has 0 unspecified atom stereocenters. The van der Waals surface area contributed by atoms with E-state index in [9.17, 15) is 13.5 Å². The topological polar surface area (TPSA) is 92.2 Å². The fourth-order valence-corrected chi connectivity index (χ4v) is 3.51. The molecule has 2 aromatic carbocycles. The molecule has 0 bridgehead atoms. The van der Waals surface area contributed by atoms with Gasteiger partial charge in [0.05, 0.1) is 23.1 Å². The second kappa shape index (κ2) is 7.39. The van der Waals surface area contributed by atoms with Crippen molar-refractivity contribution >= 4 is 26.6 Å². The van der Waals surface area contributed by atoms with Crippen LogP contribution in [0.2, 0.25) is 0 Å². The molecule has 1 aromatic heterocycles. The van der Waals surface area contributed by atoms with E-state index in [1.807, 2.05) is 25.1 Å². The first-order chi connectivity index (χ1) is 12.4. The monoisotopic (exact) mass is 371 g/mol. The van der Waals surface area contributed by atoms with Gasteiger partial charge < -0.3 is 10.4 Å². The quantitative estimate of drug-likeness (QED) is 0.691. The Balaban J connectivity index is 1.93. The maximum atomic E-state index is 11.8. The zero-order valence-electron chi connectivity index (χ0n) is 14.7. The number of aliphatic hydroxyl groups is 1. The van der Waals surface area contributed by atoms with Gasteiger partial charge in [-0.3, -0.25) is 0 Å². The predicted molar refractivity (Wildman–Crippen MR) is 102 cm³/mol. The standard InChI is InChI=1S/C19H21N3O3S/c1-13-4-3-5-14(8-13)9-15(11-23)22-19-17-10-16(26(2,24)25)6-7-18(17)20-12-21-19/h3-8,10,12,15,23H,9,11H2,1-2H3,(H,20,21,22)/t15-/m0/s1. The molecule has 0 aliphatic rings. The van der Waals surface area contributed by atoms with Crippen molar-refractivity contribution in [1.82, 2.24) is 9.97 Å². The van der Waals surface area contributed by atoms with Crippen LogP contribution in [0.5, 0.6) is 0 Å². The van der Waals surface area contributed by atoms with E-state index in [1.165, 1.54) is 18.6 Å². The van der Waals surface area contributed by atoms with Gasteiger partial charge in [0, 0.05) is 11.6 Å². The van der Waals surface area contributed by atoms with Crippen molar-refractivity contribution < 1.29 is 13.5 Å². The molecule has 26 heavy (non-hydrogen) atoms. The number of hydrogen-bond acceptors (Lipinski definition) is 6. The highest BCUT2D eigenvalue weighted by Crippen LogP contribution is 2.24. The Hall–Kier alpha value is -2.51. The minimum Gasteiger partial charge on any atom is -0.394 e. The van der Waals surface area contributed by atoms with Gasteiger partial charge >= 0.3 is 0 Å². The molecule has 136 valence electrons. The van der Waals surface area contributed by atoms with Gasteiger partial charge in [-0.2, -0.15) is 0 Å². The molecular formula is C19H21N3O3S. The SMILES string of the molecule is Cc1cccc(C[C@@H](CO)Nc2ncnc3ccc(S(C)(=O)=O)cc23)c1. The summed E-state index contributed by atoms with van der Waals surface area (Å²) in [5.41, 5.74) is 2.90. The Kier molecular flexibility index (Phi) is 5.20. The van der Waals surface area contributed by atoms with Crippen LogP contribution < -0.4 is 5.32 Å². The summed E-state index contributed by atoms with van der Waals surface area (Å²) in [5, 5.41) is 13.6. The number of fused-ring (bicyclic) bond motifs is 1. The molecule has 1 heterocycles. The Morgan fingerprint density at radius 3 is 2.65 bits per heavy atom. The fourth-order valence-electron chi connectivity index (χ4n) is 2.86. The van der Waals surface area contributed by atoms with Gasteiger partial charge in [0.2, 0.25) is 0 Å². The number of anilines is 1. The zero-order chi connectivity index (χ0) is 18.7. The van der Waals surface area contributed by atoms with Crippen LogP contribution in [-0.4, -0.2) is 42.4 Å². The number of hydrogen-bond donors (Lipinski definition) is 2. The molecule has 2 N–H and O–H groups in total. The molecule has 6 nitrogen and oxygen atoms in total. The molecule has 7 heteroatoms. The molecule has 0 saturated carbocycles. The lowest BCUT2D eigenvalue weighted by molar-refractivity contribution is 0.273. The predicted octanol–water partition coefficient (Wildman–Crippen LogP) is 2.36. The first kappa shape index (κ1) is 18.3. The summed E-state index contributed by atoms with van der Waals surface area (Å²) in [4.78, 5) is 8.64. The summed E-state index contributed by atoms with van der Waals surface area (Å²) in [6, 6.07) is 12.6. The van der Waals surface area contributed by atoms with E-state index >= 15 is 0 Å². The smallest absolute Gasteiger partial charge is 0.175 e. The van der Waals surface area contributed by atoms with Crippen LogP contribution in [0.15, 0.2) is 53.7 Å². The Bertz CT molecular complexity index is 1040. The fraction of sp³-hybridized carbons (Fsp3) is 0.263. The third-order valence-electron chi connectivity index (χ3n) is 4.16. The number of sulfone groups is 1. The summed E-state index contributed by atoms with van der Waals surface area (Å²) < 4.78 is 23.7. The average Bonchev–Trinajstić information content (AvgIpc) is 2.60. The number of rotatable bonds is 6. The van der Waals surface area contributed by atoms with Gasteiger partial charge in [-0.25, -0.2) is 18.4 Å². The van der Waals surface area contributed by atoms with Crippen molar-refractivity contribution in [2.45, 2.75) is 24.3 Å². The molecule has 0 fully saturated rings. The molecule has 0 aliphatic carbocycles. The number of benzene rings is 2. The van der Waals surface area contributed by atoms with Crippen molar-refractivity contribution in [3.63, 3.8) is 0 Å². The second-order valence-corrected chi connectivity index (χ2v) is 8.41. The van der Waals surface area contributed by atoms with Crippen LogP contribution in [0.4, 0.5) is 5.82 Å². The second-order valence-electron chi connectivity index (χ2n) is 6.39. The highest BCUT2D eigenvalue weighted by atomic mass is 32.2. The van der Waals surface area contributed by atoms with Crippen LogP contribution in [0, 0.1) is 6.92 Å². The Labute approximate surface area is 152 Å². The molecule has 1 atom stereocenters. The summed E-state index contributed by atoms with van der Waals surface area (Å²) in [6.45, 7) is 1.95. The normalized spacial score (nSPS) is 12.9. The number of aromatic nitrogens is 2. The largest absolute Gasteiger partial charge is 0.394 e. The molecule has 3 rings (SSSR count). The lowest BCUT2D eigenvalue weighted by Gasteiger charge is -2.18. The number of nitrogens with one attached hydrogen (secondary N) is 1. The van der Waals surface area contributed by atoms with Crippen LogP contribution in [0.25, 0.3) is 10.9 Å². The Morgan fingerprint density at radius 2 is 1.96 bits per heavy atom. The molecule has 0 spiro atoms. The van der Waals surface area contributed by atoms with E-state index < -0.39 is 9.84 Å². The lowest BCUT2D eigenvalue weighted by atomic mass is 10.0. The summed E-state index contributed by atoms with van der Waals surface area (Å²) >= 11 is 0. The highest BCUT2D eigenvalue weighted by Gasteiger charge is 2.14. The van der Waals surface area contributed by atoms with Gasteiger partial charge in [-0.1, -0.05) is 29.8 Å². The Morgan fingerprint density at radius 1 is 1.15 bits per heavy atom. The molecule has 0 amide bonds. The van der Waals surface area contributed by atoms with Gasteiger partial charge in [0.25, 0.3) is 0 Å². The van der Waals surface area contributed by atoms with Crippen LogP contribution in [0.3, 0.4) is 0 Å². The van der Waals surface area contributed by atoms with E-state index in [1.54, 1.807) is 12.1 Å². The van der Waals surface area contributed by atoms with Crippen LogP contribution >= 0.6 is 0 Å². The van der Waals surface area contributed by atoms with E-state index in [4.69, 9.17) is 0 Å². The number of nitrogens with zero attached hydrogens (tertiary/aromatic N) is 2. The third-order valence-corrected chi connectivity index (χ3v) is 5.27. The van der Waals surface area contributed by atoms with Crippen molar-refractivity contribution in [2.75, 3.05) is 18.2 Å². The molecule has 0 radical (unpaired) electrons. The minimum absolute atomic E-state index is 0.0782. The number of aryl methyl sites for hydroxylation is 1. The first-order valence-electron chi connectivity index (χ1n) is 8.24. The van der Waals surface area contributed by atoms with Crippen LogP contribution in [-0.2, 0) is 16.3 Å². The van der Waals surface area contributed by atoms with Gasteiger partial charge in [0.1, 0.15) is 12.1 Å². The first-order valence-corrected chi connectivity index (χ1v) is 10.1. The average molecular weight is 371 g/mol. The van der Waals surface area contributed by atoms with Crippen molar-refractivity contribution in [2.24, 2.45) is 0 Å². The maximum absolute atomic E-state index is 11.8. The molecule has 0 saturated heterocycles. The van der Waals surface area contributed by atoms with Crippen LogP contribution in [0.1, 0.15) is 11.1 Å². The van der Waals surface area contributed by atoms with Gasteiger partial charge in [-0.15, -0.1) is 0 Å². The summed E-state index contributed by atoms with van der Waals surface area (Å²) in [5.74, 6) is 0.507. The van der Waals surface area contributed by atoms with Gasteiger partial charge in [0.15, 0.2) is 9.84 Å². The van der Waals surface area contributed by atoms with Crippen molar-refractivity contribution in [3.05, 3.63) is 59.9 Å². The molecule has 3 aromatic rings. The maximum Gasteiger partial charge on any atom is 0.175 e.